The van der Waals surface area contributed by atoms with E-state index in [1.54, 1.807) is 0 Å². The third-order valence-corrected chi connectivity index (χ3v) is 14.5. The summed E-state index contributed by atoms with van der Waals surface area (Å²) in [5, 5.41) is 87.8. The van der Waals surface area contributed by atoms with E-state index in [0.717, 1.165) is 25.7 Å². The average molecular weight is 799 g/mol. The summed E-state index contributed by atoms with van der Waals surface area (Å²) in [5.41, 5.74) is -0.512. The summed E-state index contributed by atoms with van der Waals surface area (Å²) in [6.07, 6.45) is 3.90. The van der Waals surface area contributed by atoms with Crippen LogP contribution in [0.5, 0.6) is 0 Å². The van der Waals surface area contributed by atoms with Gasteiger partial charge < -0.3 is 46.2 Å². The van der Waals surface area contributed by atoms with Gasteiger partial charge in [-0.25, -0.2) is 0 Å². The van der Waals surface area contributed by atoms with Crippen LogP contribution in [0.1, 0.15) is 91.4 Å². The molecule has 0 aromatic heterocycles. The highest BCUT2D eigenvalue weighted by atomic mass is 16.4. The second kappa shape index (κ2) is 19.7. The number of aliphatic hydroxyl groups is 3. The van der Waals surface area contributed by atoms with Crippen molar-refractivity contribution in [1.29, 1.82) is 0 Å². The van der Waals surface area contributed by atoms with Gasteiger partial charge >= 0.3 is 29.8 Å². The Balaban J connectivity index is 1.38. The van der Waals surface area contributed by atoms with Crippen LogP contribution in [0.2, 0.25) is 0 Å². The van der Waals surface area contributed by atoms with Gasteiger partial charge in [0.2, 0.25) is 0 Å². The molecule has 0 saturated heterocycles. The van der Waals surface area contributed by atoms with Gasteiger partial charge in [-0.1, -0.05) is 20.8 Å². The van der Waals surface area contributed by atoms with Gasteiger partial charge in [-0.2, -0.15) is 0 Å². The van der Waals surface area contributed by atoms with Crippen LogP contribution in [-0.4, -0.2) is 157 Å². The molecule has 0 amide bonds. The highest BCUT2D eigenvalue weighted by molar-refractivity contribution is 5.74. The zero-order valence-electron chi connectivity index (χ0n) is 33.1. The van der Waals surface area contributed by atoms with E-state index in [0.29, 0.717) is 25.7 Å². The smallest absolute Gasteiger partial charge is 0.320 e. The monoisotopic (exact) mass is 798 g/mol. The quantitative estimate of drug-likeness (QED) is 0.0511. The highest BCUT2D eigenvalue weighted by Gasteiger charge is 2.65. The number of carboxylic acids is 5. The molecule has 0 aliphatic heterocycles. The van der Waals surface area contributed by atoms with Crippen LogP contribution < -0.4 is 10.6 Å². The molecule has 0 heterocycles. The minimum absolute atomic E-state index is 0.00455. The third kappa shape index (κ3) is 11.0. The minimum Gasteiger partial charge on any atom is -0.481 e. The second-order valence-electron chi connectivity index (χ2n) is 17.7. The normalized spacial score (nSPS) is 34.2. The van der Waals surface area contributed by atoms with Crippen LogP contribution in [0.4, 0.5) is 0 Å². The number of hydrogen-bond acceptors (Lipinski definition) is 12. The molecule has 17 nitrogen and oxygen atoms in total. The summed E-state index contributed by atoms with van der Waals surface area (Å²) < 4.78 is 0. The molecule has 10 N–H and O–H groups in total. The molecule has 0 aromatic rings. The van der Waals surface area contributed by atoms with E-state index in [1.807, 2.05) is 0 Å². The van der Waals surface area contributed by atoms with Crippen LogP contribution in [0, 0.1) is 46.3 Å². The Hall–Kier alpha value is -2.93. The van der Waals surface area contributed by atoms with E-state index < -0.39 is 67.4 Å². The number of aliphatic hydroxyl groups excluding tert-OH is 3. The fourth-order valence-electron chi connectivity index (χ4n) is 11.7. The summed E-state index contributed by atoms with van der Waals surface area (Å²) in [4.78, 5) is 60.2. The fourth-order valence-corrected chi connectivity index (χ4v) is 11.7. The molecule has 5 unspecified atom stereocenters. The topological polar surface area (TPSA) is 278 Å². The van der Waals surface area contributed by atoms with Gasteiger partial charge in [0.1, 0.15) is 12.3 Å². The van der Waals surface area contributed by atoms with E-state index in [9.17, 15) is 59.7 Å². The molecule has 13 atom stereocenters. The lowest BCUT2D eigenvalue weighted by Crippen LogP contribution is -2.63. The zero-order chi connectivity index (χ0) is 41.5. The van der Waals surface area contributed by atoms with Gasteiger partial charge in [-0.3, -0.25) is 39.1 Å². The van der Waals surface area contributed by atoms with Gasteiger partial charge in [0.05, 0.1) is 31.8 Å². The maximum Gasteiger partial charge on any atom is 0.320 e. The number of aliphatic carboxylic acids is 5. The molecule has 0 spiro atoms. The van der Waals surface area contributed by atoms with Gasteiger partial charge in [-0.05, 0) is 111 Å². The molecule has 4 fully saturated rings. The van der Waals surface area contributed by atoms with E-state index >= 15 is 0 Å². The Bertz CT molecular complexity index is 1370. The lowest BCUT2D eigenvalue weighted by Gasteiger charge is -2.64. The molecule has 320 valence electrons. The van der Waals surface area contributed by atoms with Crippen LogP contribution >= 0.6 is 0 Å². The summed E-state index contributed by atoms with van der Waals surface area (Å²) in [6, 6.07) is -1.22. The van der Waals surface area contributed by atoms with E-state index in [4.69, 9.17) is 5.11 Å². The number of fused-ring (bicyclic) bond motifs is 5. The maximum absolute atomic E-state index is 12.5. The van der Waals surface area contributed by atoms with E-state index in [1.165, 1.54) is 9.80 Å². The summed E-state index contributed by atoms with van der Waals surface area (Å²) >= 11 is 0. The molecule has 4 rings (SSSR count). The van der Waals surface area contributed by atoms with Crippen molar-refractivity contribution in [2.24, 2.45) is 46.3 Å². The minimum atomic E-state index is -1.24. The van der Waals surface area contributed by atoms with E-state index in [-0.39, 0.29) is 104 Å². The van der Waals surface area contributed by atoms with Crippen molar-refractivity contribution in [3.63, 3.8) is 0 Å². The molecule has 4 aliphatic carbocycles. The Labute approximate surface area is 328 Å². The highest BCUT2D eigenvalue weighted by Crippen LogP contribution is 2.68. The maximum atomic E-state index is 12.5. The number of hydrogen-bond donors (Lipinski definition) is 10. The lowest BCUT2D eigenvalue weighted by molar-refractivity contribution is -0.203. The molecule has 0 aromatic carbocycles. The Kier molecular flexibility index (Phi) is 16.1. The summed E-state index contributed by atoms with van der Waals surface area (Å²) in [7, 11) is 0. The first kappa shape index (κ1) is 45.8. The Morgan fingerprint density at radius 2 is 1.46 bits per heavy atom. The van der Waals surface area contributed by atoms with Crippen molar-refractivity contribution in [1.82, 2.24) is 20.4 Å². The molecule has 56 heavy (non-hydrogen) atoms. The van der Waals surface area contributed by atoms with Gasteiger partial charge in [0, 0.05) is 38.6 Å². The number of carboxylic acid groups (broad SMARTS) is 5. The first-order valence-corrected chi connectivity index (χ1v) is 20.3. The van der Waals surface area contributed by atoms with Crippen molar-refractivity contribution in [2.75, 3.05) is 45.8 Å². The third-order valence-electron chi connectivity index (χ3n) is 14.5. The summed E-state index contributed by atoms with van der Waals surface area (Å²) in [5.74, 6) is -4.78. The predicted molar refractivity (Wildman–Crippen MR) is 201 cm³/mol. The van der Waals surface area contributed by atoms with Crippen LogP contribution in [0.25, 0.3) is 0 Å². The number of nitrogens with one attached hydrogen (secondary N) is 2. The van der Waals surface area contributed by atoms with E-state index in [2.05, 4.69) is 31.4 Å². The van der Waals surface area contributed by atoms with Crippen LogP contribution in [-0.2, 0) is 24.0 Å². The average Bonchev–Trinajstić information content (AvgIpc) is 3.46. The van der Waals surface area contributed by atoms with Gasteiger partial charge in [0.15, 0.2) is 0 Å². The molecule has 0 radical (unpaired) electrons. The molecule has 4 aliphatic rings. The largest absolute Gasteiger partial charge is 0.481 e. The van der Waals surface area contributed by atoms with Crippen molar-refractivity contribution in [2.45, 2.75) is 122 Å². The number of rotatable bonds is 23. The molecule has 17 heteroatoms. The van der Waals surface area contributed by atoms with Gasteiger partial charge in [0.25, 0.3) is 0 Å². The SMILES string of the molecule is CC(CCC(=O)O)[C@H]1CCC2C3C(C[C@H](O)[C@@]21C)[C@@]1(C)CC[C@H](NC(O)CC[C@@H](C(=O)O)N(CCNCC(=O)O)CCN(CC(=O)O)CC(=O)O)C[C@H]1C[C@H]3O. The second-order valence-corrected chi connectivity index (χ2v) is 17.7. The summed E-state index contributed by atoms with van der Waals surface area (Å²) in [6.45, 7) is 5.18. The van der Waals surface area contributed by atoms with Gasteiger partial charge in [-0.15, -0.1) is 0 Å². The molecular weight excluding hydrogens is 732 g/mol. The standard InChI is InChI=1S/C39H66N4O13/c1-22(4-9-32(47)48)25-5-6-26-36-27(18-30(45)39(25,26)3)38(2)11-10-24(16-23(38)17-29(36)44)41-31(46)8-7-28(37(55)56)43(13-12-40-19-33(49)50)15-14-42(20-34(51)52)21-35(53)54/h22-31,36,40-41,44-46H,4-21H2,1-3H3,(H,47,48)(H,49,50)(H,51,52)(H,53,54)(H,55,56)/t22?,23-,24-,25+,26?,27?,28-,29+,30-,31?,36?,38-,39+/m0/s1. The molecular formula is C39H66N4O13. The van der Waals surface area contributed by atoms with Crippen LogP contribution in [0.15, 0.2) is 0 Å². The number of carbonyl (C=O) groups is 5. The lowest BCUT2D eigenvalue weighted by atomic mass is 9.43. The molecule has 0 bridgehead atoms. The first-order valence-electron chi connectivity index (χ1n) is 20.3. The van der Waals surface area contributed by atoms with Crippen molar-refractivity contribution < 1.29 is 64.8 Å². The number of nitrogens with zero attached hydrogens (tertiary/aromatic N) is 2. The Morgan fingerprint density at radius 3 is 2.07 bits per heavy atom. The van der Waals surface area contributed by atoms with Crippen molar-refractivity contribution >= 4 is 29.8 Å². The zero-order valence-corrected chi connectivity index (χ0v) is 33.1. The first-order chi connectivity index (χ1) is 26.3. The van der Waals surface area contributed by atoms with Crippen molar-refractivity contribution in [3.8, 4) is 0 Å². The van der Waals surface area contributed by atoms with Crippen molar-refractivity contribution in [3.05, 3.63) is 0 Å². The predicted octanol–water partition coefficient (Wildman–Crippen LogP) is 1.05. The fraction of sp³-hybridized carbons (Fsp3) is 0.872. The van der Waals surface area contributed by atoms with Crippen LogP contribution in [0.3, 0.4) is 0 Å². The Morgan fingerprint density at radius 1 is 0.786 bits per heavy atom. The molecule has 4 saturated carbocycles.